The minimum absolute atomic E-state index is 0.156. The van der Waals surface area contributed by atoms with Gasteiger partial charge in [0.2, 0.25) is 0 Å². The number of rotatable bonds is 2. The summed E-state index contributed by atoms with van der Waals surface area (Å²) in [6, 6.07) is 4.86. The van der Waals surface area contributed by atoms with Gasteiger partial charge >= 0.3 is 0 Å². The number of amides is 1. The SMILES string of the molecule is CN(C(=O)c1c(N)cccc1Cl)C1CCCCC1O. The maximum atomic E-state index is 12.5. The number of benzene rings is 1. The zero-order valence-corrected chi connectivity index (χ0v) is 11.7. The van der Waals surface area contributed by atoms with E-state index in [1.807, 2.05) is 0 Å². The van der Waals surface area contributed by atoms with E-state index in [2.05, 4.69) is 0 Å². The Hall–Kier alpha value is -1.26. The second kappa shape index (κ2) is 5.80. The molecule has 2 atom stereocenters. The number of nitrogen functional groups attached to an aromatic ring is 1. The van der Waals surface area contributed by atoms with Gasteiger partial charge in [0.1, 0.15) is 0 Å². The summed E-state index contributed by atoms with van der Waals surface area (Å²) in [6.45, 7) is 0. The van der Waals surface area contributed by atoms with Crippen LogP contribution in [-0.4, -0.2) is 35.1 Å². The Balaban J connectivity index is 2.23. The van der Waals surface area contributed by atoms with Crippen LogP contribution in [0.5, 0.6) is 0 Å². The molecule has 0 heterocycles. The molecule has 1 aromatic rings. The molecule has 0 aromatic heterocycles. The summed E-state index contributed by atoms with van der Waals surface area (Å²) >= 11 is 6.05. The van der Waals surface area contributed by atoms with Gasteiger partial charge in [-0.3, -0.25) is 4.79 Å². The highest BCUT2D eigenvalue weighted by Gasteiger charge is 2.31. The lowest BCUT2D eigenvalue weighted by atomic mass is 9.91. The summed E-state index contributed by atoms with van der Waals surface area (Å²) in [6.07, 6.45) is 3.12. The van der Waals surface area contributed by atoms with Gasteiger partial charge in [-0.25, -0.2) is 0 Å². The maximum Gasteiger partial charge on any atom is 0.257 e. The van der Waals surface area contributed by atoms with Gasteiger partial charge in [-0.1, -0.05) is 30.5 Å². The highest BCUT2D eigenvalue weighted by Crippen LogP contribution is 2.27. The van der Waals surface area contributed by atoms with Crippen molar-refractivity contribution < 1.29 is 9.90 Å². The van der Waals surface area contributed by atoms with Crippen molar-refractivity contribution in [1.29, 1.82) is 0 Å². The molecule has 0 bridgehead atoms. The first kappa shape index (κ1) is 14.2. The first-order chi connectivity index (χ1) is 9.02. The molecular weight excluding hydrogens is 264 g/mol. The maximum absolute atomic E-state index is 12.5. The number of anilines is 1. The van der Waals surface area contributed by atoms with Gasteiger partial charge in [-0.15, -0.1) is 0 Å². The molecule has 0 aliphatic heterocycles. The molecular formula is C14H19ClN2O2. The quantitative estimate of drug-likeness (QED) is 0.818. The van der Waals surface area contributed by atoms with E-state index in [1.165, 1.54) is 0 Å². The smallest absolute Gasteiger partial charge is 0.257 e. The number of nitrogens with zero attached hydrogens (tertiary/aromatic N) is 1. The van der Waals surface area contributed by atoms with Crippen molar-refractivity contribution in [1.82, 2.24) is 4.90 Å². The Morgan fingerprint density at radius 3 is 2.74 bits per heavy atom. The topological polar surface area (TPSA) is 66.6 Å². The molecule has 0 saturated heterocycles. The Morgan fingerprint density at radius 2 is 2.11 bits per heavy atom. The van der Waals surface area contributed by atoms with E-state index in [4.69, 9.17) is 17.3 Å². The van der Waals surface area contributed by atoms with E-state index >= 15 is 0 Å². The Morgan fingerprint density at radius 1 is 1.42 bits per heavy atom. The average Bonchev–Trinajstić information content (AvgIpc) is 2.38. The highest BCUT2D eigenvalue weighted by atomic mass is 35.5. The number of hydrogen-bond donors (Lipinski definition) is 2. The van der Waals surface area contributed by atoms with Crippen LogP contribution in [0.2, 0.25) is 5.02 Å². The largest absolute Gasteiger partial charge is 0.398 e. The molecule has 1 amide bonds. The third-order valence-corrected chi connectivity index (χ3v) is 4.09. The van der Waals surface area contributed by atoms with E-state index in [0.717, 1.165) is 25.7 Å². The molecule has 1 saturated carbocycles. The van der Waals surface area contributed by atoms with Crippen molar-refractivity contribution in [2.45, 2.75) is 37.8 Å². The molecule has 1 aromatic carbocycles. The number of likely N-dealkylation sites (N-methyl/N-ethyl adjacent to an activating group) is 1. The molecule has 1 aliphatic rings. The predicted molar refractivity (Wildman–Crippen MR) is 76.2 cm³/mol. The van der Waals surface area contributed by atoms with Crippen molar-refractivity contribution >= 4 is 23.2 Å². The second-order valence-electron chi connectivity index (χ2n) is 5.04. The van der Waals surface area contributed by atoms with Crippen LogP contribution in [0.3, 0.4) is 0 Å². The minimum atomic E-state index is -0.466. The Bertz CT molecular complexity index is 458. The molecule has 2 rings (SSSR count). The van der Waals surface area contributed by atoms with Crippen LogP contribution in [0.4, 0.5) is 5.69 Å². The first-order valence-corrected chi connectivity index (χ1v) is 6.89. The van der Waals surface area contributed by atoms with Crippen LogP contribution in [0.25, 0.3) is 0 Å². The molecule has 3 N–H and O–H groups in total. The van der Waals surface area contributed by atoms with Gasteiger partial charge in [0, 0.05) is 12.7 Å². The highest BCUT2D eigenvalue weighted by molar-refractivity contribution is 6.34. The van der Waals surface area contributed by atoms with Crippen molar-refractivity contribution in [2.24, 2.45) is 0 Å². The van der Waals surface area contributed by atoms with Gasteiger partial charge in [0.15, 0.2) is 0 Å². The molecule has 1 aliphatic carbocycles. The van der Waals surface area contributed by atoms with Crippen molar-refractivity contribution in [3.8, 4) is 0 Å². The molecule has 0 spiro atoms. The Labute approximate surface area is 118 Å². The summed E-state index contributed by atoms with van der Waals surface area (Å²) in [5, 5.41) is 10.4. The number of aliphatic hydroxyl groups excluding tert-OH is 1. The van der Waals surface area contributed by atoms with Crippen LogP contribution in [0.15, 0.2) is 18.2 Å². The molecule has 19 heavy (non-hydrogen) atoms. The van der Waals surface area contributed by atoms with Crippen molar-refractivity contribution in [3.63, 3.8) is 0 Å². The number of carbonyl (C=O) groups is 1. The van der Waals surface area contributed by atoms with Crippen LogP contribution in [0, 0.1) is 0 Å². The fourth-order valence-electron chi connectivity index (χ4n) is 2.64. The summed E-state index contributed by atoms with van der Waals surface area (Å²) in [5.74, 6) is -0.228. The van der Waals surface area contributed by atoms with E-state index < -0.39 is 6.10 Å². The Kier molecular flexibility index (Phi) is 4.32. The standard InChI is InChI=1S/C14H19ClN2O2/c1-17(11-7-2-3-8-12(11)18)14(19)13-9(15)5-4-6-10(13)16/h4-6,11-12,18H,2-3,7-8,16H2,1H3. The summed E-state index contributed by atoms with van der Waals surface area (Å²) in [5.41, 5.74) is 6.52. The van der Waals surface area contributed by atoms with Crippen molar-refractivity contribution in [3.05, 3.63) is 28.8 Å². The van der Waals surface area contributed by atoms with Gasteiger partial charge in [-0.05, 0) is 25.0 Å². The summed E-state index contributed by atoms with van der Waals surface area (Å²) in [4.78, 5) is 14.1. The number of halogens is 1. The van der Waals surface area contributed by atoms with E-state index in [1.54, 1.807) is 30.1 Å². The third-order valence-electron chi connectivity index (χ3n) is 3.77. The van der Waals surface area contributed by atoms with Gasteiger partial charge in [-0.2, -0.15) is 0 Å². The van der Waals surface area contributed by atoms with Gasteiger partial charge in [0.05, 0.1) is 22.7 Å². The number of nitrogens with two attached hydrogens (primary N) is 1. The summed E-state index contributed by atoms with van der Waals surface area (Å²) < 4.78 is 0. The average molecular weight is 283 g/mol. The molecule has 104 valence electrons. The molecule has 1 fully saturated rings. The molecule has 4 nitrogen and oxygen atoms in total. The van der Waals surface area contributed by atoms with Crippen LogP contribution < -0.4 is 5.73 Å². The van der Waals surface area contributed by atoms with E-state index in [-0.39, 0.29) is 11.9 Å². The predicted octanol–water partition coefficient (Wildman–Crippen LogP) is 2.30. The van der Waals surface area contributed by atoms with Gasteiger partial charge < -0.3 is 15.7 Å². The molecule has 5 heteroatoms. The van der Waals surface area contributed by atoms with Crippen LogP contribution in [-0.2, 0) is 0 Å². The first-order valence-electron chi connectivity index (χ1n) is 6.51. The summed E-state index contributed by atoms with van der Waals surface area (Å²) in [7, 11) is 1.70. The van der Waals surface area contributed by atoms with E-state index in [9.17, 15) is 9.90 Å². The minimum Gasteiger partial charge on any atom is -0.398 e. The van der Waals surface area contributed by atoms with Crippen molar-refractivity contribution in [2.75, 3.05) is 12.8 Å². The third kappa shape index (κ3) is 2.85. The number of carbonyl (C=O) groups excluding carboxylic acids is 1. The lowest BCUT2D eigenvalue weighted by Crippen LogP contribution is -2.46. The number of aliphatic hydroxyl groups is 1. The second-order valence-corrected chi connectivity index (χ2v) is 5.45. The fourth-order valence-corrected chi connectivity index (χ4v) is 2.90. The fraction of sp³-hybridized carbons (Fsp3) is 0.500. The van der Waals surface area contributed by atoms with Crippen LogP contribution in [0.1, 0.15) is 36.0 Å². The monoisotopic (exact) mass is 282 g/mol. The molecule has 0 radical (unpaired) electrons. The van der Waals surface area contributed by atoms with Crippen LogP contribution >= 0.6 is 11.6 Å². The van der Waals surface area contributed by atoms with E-state index in [0.29, 0.717) is 16.3 Å². The molecule has 2 unspecified atom stereocenters. The lowest BCUT2D eigenvalue weighted by molar-refractivity contribution is 0.0268. The van der Waals surface area contributed by atoms with Gasteiger partial charge in [0.25, 0.3) is 5.91 Å². The lowest BCUT2D eigenvalue weighted by Gasteiger charge is -2.35. The number of hydrogen-bond acceptors (Lipinski definition) is 3. The normalized spacial score (nSPS) is 23.1. The zero-order valence-electron chi connectivity index (χ0n) is 11.0. The zero-order chi connectivity index (χ0) is 14.0.